The number of carbonyl (C=O) groups is 1. The molecular weight excluding hydrogens is 542 g/mol. The minimum absolute atomic E-state index is 0.235. The highest BCUT2D eigenvalue weighted by Gasteiger charge is 2.41. The first-order chi connectivity index (χ1) is 21.0. The van der Waals surface area contributed by atoms with Crippen molar-refractivity contribution in [1.82, 2.24) is 9.88 Å². The summed E-state index contributed by atoms with van der Waals surface area (Å²) in [5.74, 6) is 1.60. The fourth-order valence-corrected chi connectivity index (χ4v) is 6.14. The second kappa shape index (κ2) is 12.6. The first-order valence-electron chi connectivity index (χ1n) is 14.9. The molecule has 1 aliphatic carbocycles. The molecule has 1 aromatic heterocycles. The third kappa shape index (κ3) is 6.33. The van der Waals surface area contributed by atoms with E-state index in [-0.39, 0.29) is 5.82 Å². The lowest BCUT2D eigenvalue weighted by Crippen LogP contribution is -2.53. The molecule has 224 valence electrons. The summed E-state index contributed by atoms with van der Waals surface area (Å²) in [6, 6.07) is 19.9. The summed E-state index contributed by atoms with van der Waals surface area (Å²) < 4.78 is 12.2. The average Bonchev–Trinajstić information content (AvgIpc) is 3.26. The number of benzene rings is 2. The second-order valence-corrected chi connectivity index (χ2v) is 11.4. The number of nitrogens with zero attached hydrogens (tertiary/aromatic N) is 3. The molecule has 2 atom stereocenters. The van der Waals surface area contributed by atoms with Crippen molar-refractivity contribution in [3.05, 3.63) is 95.6 Å². The smallest absolute Gasteiger partial charge is 0.215 e. The minimum Gasteiger partial charge on any atom is -0.488 e. The van der Waals surface area contributed by atoms with Crippen LogP contribution in [-0.4, -0.2) is 47.6 Å². The highest BCUT2D eigenvalue weighted by Crippen LogP contribution is 2.38. The molecule has 2 aliphatic heterocycles. The van der Waals surface area contributed by atoms with Gasteiger partial charge < -0.3 is 41.8 Å². The van der Waals surface area contributed by atoms with Crippen LogP contribution in [0.3, 0.4) is 0 Å². The maximum atomic E-state index is 10.7. The molecule has 2 aromatic carbocycles. The zero-order valence-electron chi connectivity index (χ0n) is 24.2. The van der Waals surface area contributed by atoms with Gasteiger partial charge in [0.2, 0.25) is 12.3 Å². The number of rotatable bonds is 11. The molecule has 3 aliphatic rings. The Morgan fingerprint density at radius 3 is 2.40 bits per heavy atom. The Morgan fingerprint density at radius 1 is 0.977 bits per heavy atom. The highest BCUT2D eigenvalue weighted by molar-refractivity contribution is 5.71. The topological polar surface area (TPSA) is 145 Å². The number of carbonyl (C=O) groups excluding carboxylic acids is 1. The van der Waals surface area contributed by atoms with Gasteiger partial charge in [0.1, 0.15) is 24.3 Å². The number of hydrogen-bond donors (Lipinski definition) is 4. The maximum Gasteiger partial charge on any atom is 0.215 e. The van der Waals surface area contributed by atoms with Crippen molar-refractivity contribution in [2.45, 2.75) is 56.9 Å². The van der Waals surface area contributed by atoms with E-state index in [0.717, 1.165) is 67.0 Å². The molecule has 7 N–H and O–H groups in total. The van der Waals surface area contributed by atoms with Crippen LogP contribution >= 0.6 is 0 Å². The van der Waals surface area contributed by atoms with Gasteiger partial charge in [-0.1, -0.05) is 24.3 Å². The van der Waals surface area contributed by atoms with E-state index in [1.165, 1.54) is 6.42 Å². The number of amides is 1. The summed E-state index contributed by atoms with van der Waals surface area (Å²) in [6.07, 6.45) is 10.3. The van der Waals surface area contributed by atoms with Gasteiger partial charge in [-0.15, -0.1) is 0 Å². The Kier molecular flexibility index (Phi) is 8.26. The van der Waals surface area contributed by atoms with Gasteiger partial charge in [-0.2, -0.15) is 0 Å². The normalized spacial score (nSPS) is 19.9. The second-order valence-electron chi connectivity index (χ2n) is 11.4. The average molecular weight is 582 g/mol. The van der Waals surface area contributed by atoms with Crippen molar-refractivity contribution < 1.29 is 14.3 Å². The fourth-order valence-electron chi connectivity index (χ4n) is 6.14. The molecule has 43 heavy (non-hydrogen) atoms. The first kappa shape index (κ1) is 28.3. The predicted molar refractivity (Wildman–Crippen MR) is 168 cm³/mol. The number of aromatic nitrogens is 1. The van der Waals surface area contributed by atoms with Gasteiger partial charge >= 0.3 is 0 Å². The number of nitrogens with two attached hydrogens (primary N) is 3. The molecule has 10 nitrogen and oxygen atoms in total. The molecule has 3 fully saturated rings. The Labute approximate surface area is 252 Å². The Balaban J connectivity index is 1.16. The Morgan fingerprint density at radius 2 is 1.72 bits per heavy atom. The maximum absolute atomic E-state index is 10.7. The summed E-state index contributed by atoms with van der Waals surface area (Å²) in [6.45, 7) is 1.91. The number of ether oxygens (including phenoxy) is 2. The van der Waals surface area contributed by atoms with E-state index in [1.54, 1.807) is 0 Å². The molecule has 1 saturated carbocycles. The highest BCUT2D eigenvalue weighted by atomic mass is 16.5. The van der Waals surface area contributed by atoms with E-state index in [2.05, 4.69) is 32.2 Å². The fraction of sp³-hybridized carbons (Fsp3) is 0.333. The van der Waals surface area contributed by atoms with E-state index in [1.807, 2.05) is 60.8 Å². The standard InChI is InChI=1S/C33H39N7O3/c34-29(28-6-1-2-7-31(28)42-20-22-8-10-23(11-9-22)38-21-41)17-30(33(35)36)39-18-25-12-13-26(19-39)40(25)24-14-15-37-32(16-24)43-27-4-3-5-27/h1-2,6-11,14-17,21,25-27H,3-5,12-13,18-20,34-36H2,(H,38,41)/b29-17-. The van der Waals surface area contributed by atoms with Crippen molar-refractivity contribution in [3.8, 4) is 11.6 Å². The zero-order chi connectivity index (χ0) is 29.8. The number of likely N-dealkylation sites (tertiary alicyclic amines) is 1. The zero-order valence-corrected chi connectivity index (χ0v) is 24.2. The summed E-state index contributed by atoms with van der Waals surface area (Å²) in [5, 5.41) is 2.63. The van der Waals surface area contributed by atoms with Gasteiger partial charge in [-0.25, -0.2) is 4.98 Å². The number of hydrogen-bond acceptors (Lipinski definition) is 9. The molecular formula is C33H39N7O3. The van der Waals surface area contributed by atoms with Crippen molar-refractivity contribution >= 4 is 23.5 Å². The number of anilines is 2. The summed E-state index contributed by atoms with van der Waals surface area (Å²) >= 11 is 0. The SMILES string of the molecule is NC(N)=C(/C=C(\N)c1ccccc1OCc1ccc(NC=O)cc1)N1CC2CCC(C1)N2c1ccnc(OC2CCC2)c1. The van der Waals surface area contributed by atoms with Crippen molar-refractivity contribution in [2.75, 3.05) is 23.3 Å². The molecule has 0 radical (unpaired) electrons. The van der Waals surface area contributed by atoms with Crippen LogP contribution in [0.25, 0.3) is 5.70 Å². The van der Waals surface area contributed by atoms with Crippen LogP contribution in [-0.2, 0) is 11.4 Å². The van der Waals surface area contributed by atoms with Gasteiger partial charge in [0, 0.05) is 60.1 Å². The molecule has 2 saturated heterocycles. The summed E-state index contributed by atoms with van der Waals surface area (Å²) in [4.78, 5) is 19.9. The van der Waals surface area contributed by atoms with E-state index in [0.29, 0.717) is 48.5 Å². The number of fused-ring (bicyclic) bond motifs is 2. The van der Waals surface area contributed by atoms with Crippen molar-refractivity contribution in [3.63, 3.8) is 0 Å². The number of allylic oxidation sites excluding steroid dienone is 1. The number of nitrogens with one attached hydrogen (secondary N) is 1. The lowest BCUT2D eigenvalue weighted by Gasteiger charge is -2.44. The molecule has 1 amide bonds. The van der Waals surface area contributed by atoms with Crippen molar-refractivity contribution in [2.24, 2.45) is 17.2 Å². The Hall–Kier alpha value is -4.86. The molecule has 3 heterocycles. The van der Waals surface area contributed by atoms with E-state index in [4.69, 9.17) is 26.7 Å². The predicted octanol–water partition coefficient (Wildman–Crippen LogP) is 3.90. The monoisotopic (exact) mass is 581 g/mol. The first-order valence-corrected chi connectivity index (χ1v) is 14.9. The van der Waals surface area contributed by atoms with Crippen LogP contribution in [0.5, 0.6) is 11.6 Å². The molecule has 0 spiro atoms. The van der Waals surface area contributed by atoms with Gasteiger partial charge in [0.25, 0.3) is 0 Å². The molecule has 2 bridgehead atoms. The van der Waals surface area contributed by atoms with Crippen LogP contribution in [0, 0.1) is 0 Å². The van der Waals surface area contributed by atoms with E-state index in [9.17, 15) is 4.79 Å². The lowest BCUT2D eigenvalue weighted by atomic mass is 9.96. The van der Waals surface area contributed by atoms with Crippen LogP contribution in [0.4, 0.5) is 11.4 Å². The number of para-hydroxylation sites is 1. The molecule has 6 rings (SSSR count). The number of pyridine rings is 1. The van der Waals surface area contributed by atoms with Crippen LogP contribution in [0.1, 0.15) is 43.2 Å². The Bertz CT molecular complexity index is 1480. The minimum atomic E-state index is 0.235. The summed E-state index contributed by atoms with van der Waals surface area (Å²) in [5.41, 5.74) is 24.0. The van der Waals surface area contributed by atoms with Gasteiger partial charge in [0.15, 0.2) is 0 Å². The van der Waals surface area contributed by atoms with Crippen LogP contribution in [0.15, 0.2) is 84.5 Å². The van der Waals surface area contributed by atoms with E-state index < -0.39 is 0 Å². The largest absolute Gasteiger partial charge is 0.488 e. The third-order valence-corrected chi connectivity index (χ3v) is 8.54. The van der Waals surface area contributed by atoms with Crippen molar-refractivity contribution in [1.29, 1.82) is 0 Å². The molecule has 10 heteroatoms. The summed E-state index contributed by atoms with van der Waals surface area (Å²) in [7, 11) is 0. The van der Waals surface area contributed by atoms with E-state index >= 15 is 0 Å². The lowest BCUT2D eigenvalue weighted by molar-refractivity contribution is -0.105. The third-order valence-electron chi connectivity index (χ3n) is 8.54. The molecule has 3 aromatic rings. The van der Waals surface area contributed by atoms with Gasteiger partial charge in [-0.05, 0) is 74.1 Å². The van der Waals surface area contributed by atoms with Gasteiger partial charge in [-0.3, -0.25) is 4.79 Å². The number of piperazine rings is 1. The quantitative estimate of drug-likeness (QED) is 0.196. The van der Waals surface area contributed by atoms with Gasteiger partial charge in [0.05, 0.1) is 5.70 Å². The molecule has 2 unspecified atom stereocenters. The van der Waals surface area contributed by atoms with Crippen LogP contribution < -0.4 is 36.9 Å². The van der Waals surface area contributed by atoms with Crippen LogP contribution in [0.2, 0.25) is 0 Å².